The van der Waals surface area contributed by atoms with Gasteiger partial charge in [0, 0.05) is 26.4 Å². The van der Waals surface area contributed by atoms with Gasteiger partial charge in [-0.3, -0.25) is 0 Å². The van der Waals surface area contributed by atoms with Crippen LogP contribution >= 0.6 is 0 Å². The van der Waals surface area contributed by atoms with Crippen molar-refractivity contribution in [2.24, 2.45) is 0 Å². The second-order valence-corrected chi connectivity index (χ2v) is 4.10. The molecule has 0 atom stereocenters. The van der Waals surface area contributed by atoms with E-state index < -0.39 is 0 Å². The van der Waals surface area contributed by atoms with Gasteiger partial charge in [0.1, 0.15) is 0 Å². The highest BCUT2D eigenvalue weighted by Crippen LogP contribution is 1.96. The van der Waals surface area contributed by atoms with Crippen LogP contribution in [0.15, 0.2) is 12.5 Å². The molecule has 6 heteroatoms. The van der Waals surface area contributed by atoms with E-state index in [2.05, 4.69) is 17.2 Å². The summed E-state index contributed by atoms with van der Waals surface area (Å²) in [5, 5.41) is 3.24. The van der Waals surface area contributed by atoms with E-state index in [0.29, 0.717) is 33.0 Å². The lowest BCUT2D eigenvalue weighted by Crippen LogP contribution is -2.12. The molecule has 0 bridgehead atoms. The summed E-state index contributed by atoms with van der Waals surface area (Å²) in [6.45, 7) is 7.82. The first-order valence-corrected chi connectivity index (χ1v) is 6.72. The van der Waals surface area contributed by atoms with Crippen LogP contribution in [0.5, 0.6) is 0 Å². The largest absolute Gasteiger partial charge is 0.382 e. The van der Waals surface area contributed by atoms with Gasteiger partial charge in [-0.25, -0.2) is 4.98 Å². The summed E-state index contributed by atoms with van der Waals surface area (Å²) >= 11 is 0. The van der Waals surface area contributed by atoms with Crippen LogP contribution in [0.25, 0.3) is 0 Å². The highest BCUT2D eigenvalue weighted by molar-refractivity contribution is 4.95. The lowest BCUT2D eigenvalue weighted by molar-refractivity contribution is 0.0230. The van der Waals surface area contributed by atoms with E-state index in [9.17, 15) is 0 Å². The van der Waals surface area contributed by atoms with Gasteiger partial charge in [-0.2, -0.15) is 0 Å². The molecule has 1 N–H and O–H groups in total. The van der Waals surface area contributed by atoms with E-state index in [1.807, 2.05) is 17.1 Å². The molecular weight excluding hydrogens is 246 g/mol. The summed E-state index contributed by atoms with van der Waals surface area (Å²) < 4.78 is 17.7. The monoisotopic (exact) mass is 271 g/mol. The molecular formula is C13H25N3O3. The summed E-state index contributed by atoms with van der Waals surface area (Å²) in [4.78, 5) is 4.31. The number of imidazole rings is 1. The highest BCUT2D eigenvalue weighted by Gasteiger charge is 1.98. The quantitative estimate of drug-likeness (QED) is 0.566. The fourth-order valence-electron chi connectivity index (χ4n) is 1.51. The van der Waals surface area contributed by atoms with Crippen molar-refractivity contribution in [1.29, 1.82) is 0 Å². The SMILES string of the molecule is CCNCc1cn(CCOCCOCCOC)cn1. The van der Waals surface area contributed by atoms with E-state index >= 15 is 0 Å². The molecule has 0 aromatic carbocycles. The van der Waals surface area contributed by atoms with Crippen molar-refractivity contribution in [3.63, 3.8) is 0 Å². The zero-order valence-corrected chi connectivity index (χ0v) is 11.9. The minimum absolute atomic E-state index is 0.610. The minimum Gasteiger partial charge on any atom is -0.382 e. The smallest absolute Gasteiger partial charge is 0.0950 e. The molecule has 0 aliphatic rings. The predicted octanol–water partition coefficient (Wildman–Crippen LogP) is 0.672. The van der Waals surface area contributed by atoms with Gasteiger partial charge in [-0.1, -0.05) is 6.92 Å². The van der Waals surface area contributed by atoms with Crippen LogP contribution in [0.2, 0.25) is 0 Å². The van der Waals surface area contributed by atoms with Crippen LogP contribution < -0.4 is 5.32 Å². The molecule has 1 aromatic heterocycles. The van der Waals surface area contributed by atoms with E-state index in [0.717, 1.165) is 25.3 Å². The van der Waals surface area contributed by atoms with Crippen LogP contribution in [0.3, 0.4) is 0 Å². The molecule has 0 amide bonds. The van der Waals surface area contributed by atoms with E-state index in [-0.39, 0.29) is 0 Å². The molecule has 0 saturated heterocycles. The Hall–Kier alpha value is -0.950. The van der Waals surface area contributed by atoms with Gasteiger partial charge in [0.2, 0.25) is 0 Å². The first-order chi connectivity index (χ1) is 9.36. The number of aromatic nitrogens is 2. The average Bonchev–Trinajstić information content (AvgIpc) is 2.87. The molecule has 1 rings (SSSR count). The molecule has 0 radical (unpaired) electrons. The molecule has 0 saturated carbocycles. The van der Waals surface area contributed by atoms with Crippen molar-refractivity contribution in [3.8, 4) is 0 Å². The van der Waals surface area contributed by atoms with E-state index in [1.54, 1.807) is 7.11 Å². The lowest BCUT2D eigenvalue weighted by Gasteiger charge is -2.05. The van der Waals surface area contributed by atoms with Gasteiger partial charge in [0.25, 0.3) is 0 Å². The Balaban J connectivity index is 1.98. The van der Waals surface area contributed by atoms with Crippen LogP contribution in [-0.2, 0) is 27.3 Å². The van der Waals surface area contributed by atoms with Crippen LogP contribution in [-0.4, -0.2) is 56.2 Å². The molecule has 0 spiro atoms. The maximum atomic E-state index is 5.48. The van der Waals surface area contributed by atoms with Gasteiger partial charge < -0.3 is 24.1 Å². The first-order valence-electron chi connectivity index (χ1n) is 6.72. The number of methoxy groups -OCH3 is 1. The zero-order chi connectivity index (χ0) is 13.8. The lowest BCUT2D eigenvalue weighted by atomic mass is 10.4. The zero-order valence-electron chi connectivity index (χ0n) is 11.9. The number of nitrogens with zero attached hydrogens (tertiary/aromatic N) is 2. The Labute approximate surface area is 115 Å². The van der Waals surface area contributed by atoms with Gasteiger partial charge >= 0.3 is 0 Å². The van der Waals surface area contributed by atoms with Gasteiger partial charge in [-0.15, -0.1) is 0 Å². The van der Waals surface area contributed by atoms with E-state index in [1.165, 1.54) is 0 Å². The maximum absolute atomic E-state index is 5.48. The molecule has 0 aliphatic carbocycles. The van der Waals surface area contributed by atoms with Crippen LogP contribution in [0.4, 0.5) is 0 Å². The topological polar surface area (TPSA) is 57.5 Å². The molecule has 19 heavy (non-hydrogen) atoms. The third-order valence-corrected chi connectivity index (χ3v) is 2.54. The number of rotatable bonds is 12. The van der Waals surface area contributed by atoms with Crippen LogP contribution in [0, 0.1) is 0 Å². The molecule has 0 unspecified atom stereocenters. The Morgan fingerprint density at radius 3 is 2.63 bits per heavy atom. The van der Waals surface area contributed by atoms with Crippen molar-refractivity contribution < 1.29 is 14.2 Å². The fraction of sp³-hybridized carbons (Fsp3) is 0.769. The standard InChI is InChI=1S/C13H25N3O3/c1-3-14-10-13-11-16(12-15-13)4-5-18-8-9-19-7-6-17-2/h11-12,14H,3-10H2,1-2H3. The number of hydrogen-bond donors (Lipinski definition) is 1. The van der Waals surface area contributed by atoms with Crippen molar-refractivity contribution >= 4 is 0 Å². The second kappa shape index (κ2) is 10.9. The fourth-order valence-corrected chi connectivity index (χ4v) is 1.51. The maximum Gasteiger partial charge on any atom is 0.0950 e. The summed E-state index contributed by atoms with van der Waals surface area (Å²) in [6.07, 6.45) is 3.88. The Bertz CT molecular complexity index is 318. The predicted molar refractivity (Wildman–Crippen MR) is 73.1 cm³/mol. The Morgan fingerprint density at radius 2 is 1.89 bits per heavy atom. The van der Waals surface area contributed by atoms with E-state index in [4.69, 9.17) is 14.2 Å². The number of nitrogens with one attached hydrogen (secondary N) is 1. The second-order valence-electron chi connectivity index (χ2n) is 4.10. The van der Waals surface area contributed by atoms with Crippen molar-refractivity contribution in [2.75, 3.05) is 46.7 Å². The molecule has 6 nitrogen and oxygen atoms in total. The molecule has 0 fully saturated rings. The summed E-state index contributed by atoms with van der Waals surface area (Å²) in [5.74, 6) is 0. The molecule has 1 aromatic rings. The molecule has 0 aliphatic heterocycles. The van der Waals surface area contributed by atoms with Crippen molar-refractivity contribution in [3.05, 3.63) is 18.2 Å². The molecule has 110 valence electrons. The third-order valence-electron chi connectivity index (χ3n) is 2.54. The summed E-state index contributed by atoms with van der Waals surface area (Å²) in [7, 11) is 1.66. The van der Waals surface area contributed by atoms with Crippen LogP contribution in [0.1, 0.15) is 12.6 Å². The van der Waals surface area contributed by atoms with Crippen molar-refractivity contribution in [1.82, 2.24) is 14.9 Å². The third kappa shape index (κ3) is 7.94. The first kappa shape index (κ1) is 16.1. The number of hydrogen-bond acceptors (Lipinski definition) is 5. The van der Waals surface area contributed by atoms with Gasteiger partial charge in [0.15, 0.2) is 0 Å². The summed E-state index contributed by atoms with van der Waals surface area (Å²) in [5.41, 5.74) is 1.06. The summed E-state index contributed by atoms with van der Waals surface area (Å²) in [6, 6.07) is 0. The van der Waals surface area contributed by atoms with Gasteiger partial charge in [0.05, 0.1) is 45.1 Å². The Kier molecular flexibility index (Phi) is 9.26. The van der Waals surface area contributed by atoms with Crippen molar-refractivity contribution in [2.45, 2.75) is 20.0 Å². The minimum atomic E-state index is 0.610. The number of ether oxygens (including phenoxy) is 3. The Morgan fingerprint density at radius 1 is 1.16 bits per heavy atom. The average molecular weight is 271 g/mol. The van der Waals surface area contributed by atoms with Gasteiger partial charge in [-0.05, 0) is 6.54 Å². The molecule has 1 heterocycles. The highest BCUT2D eigenvalue weighted by atomic mass is 16.5. The normalized spacial score (nSPS) is 11.1.